The van der Waals surface area contributed by atoms with Crippen molar-refractivity contribution in [2.24, 2.45) is 5.92 Å². The van der Waals surface area contributed by atoms with Crippen LogP contribution in [0.25, 0.3) is 0 Å². The lowest BCUT2D eigenvalue weighted by Crippen LogP contribution is -2.57. The van der Waals surface area contributed by atoms with Crippen molar-refractivity contribution in [1.29, 1.82) is 0 Å². The van der Waals surface area contributed by atoms with Crippen molar-refractivity contribution in [3.63, 3.8) is 0 Å². The van der Waals surface area contributed by atoms with Crippen LogP contribution in [0.2, 0.25) is 0 Å². The van der Waals surface area contributed by atoms with E-state index in [4.69, 9.17) is 4.74 Å². The summed E-state index contributed by atoms with van der Waals surface area (Å²) in [7, 11) is 1.15. The molecule has 3 atom stereocenters. The molecular weight excluding hydrogens is 429 g/mol. The average Bonchev–Trinajstić information content (AvgIpc) is 2.71. The molecule has 0 aliphatic heterocycles. The Kier molecular flexibility index (Phi) is 10.6. The lowest BCUT2D eigenvalue weighted by molar-refractivity contribution is -0.175. The van der Waals surface area contributed by atoms with Crippen molar-refractivity contribution in [2.75, 3.05) is 13.7 Å². The minimum Gasteiger partial charge on any atom is -0.467 e. The van der Waals surface area contributed by atoms with Gasteiger partial charge in [0.15, 0.2) is 0 Å². The number of nitrogens with one attached hydrogen (secondary N) is 1. The molecule has 180 valence electrons. The molecule has 0 bridgehead atoms. The number of ether oxygens (including phenoxy) is 1. The molecule has 2 unspecified atom stereocenters. The summed E-state index contributed by atoms with van der Waals surface area (Å²) in [5, 5.41) is 11.5. The molecule has 0 aromatic heterocycles. The van der Waals surface area contributed by atoms with E-state index in [0.717, 1.165) is 12.0 Å². The average molecular weight is 460 g/mol. The molecule has 0 saturated carbocycles. The number of hydrogen-bond acceptors (Lipinski definition) is 5. The van der Waals surface area contributed by atoms with Gasteiger partial charge in [0, 0.05) is 13.0 Å². The molecule has 10 heteroatoms. The highest BCUT2D eigenvalue weighted by atomic mass is 19.4. The Labute approximate surface area is 185 Å². The molecule has 0 spiro atoms. The molecule has 2 N–H and O–H groups in total. The quantitative estimate of drug-likeness (QED) is 0.495. The number of benzene rings is 1. The standard InChI is InChI=1S/C22H31F3N2O5/c1-14(2)12-18(20(30)32-4)27(11-10-15(3)28)19(29)17(26-21(31)22(23,24)25)13-16-8-6-5-7-9-16/h5-9,14-15,17-18,28H,10-13H2,1-4H3,(H,26,31)/t15?,17?,18-/m0/s1. The molecule has 0 radical (unpaired) electrons. The monoisotopic (exact) mass is 460 g/mol. The van der Waals surface area contributed by atoms with Crippen molar-refractivity contribution in [3.05, 3.63) is 35.9 Å². The summed E-state index contributed by atoms with van der Waals surface area (Å²) in [5.74, 6) is -3.87. The molecule has 0 aliphatic carbocycles. The molecule has 1 aromatic rings. The number of aliphatic hydroxyl groups excluding tert-OH is 1. The largest absolute Gasteiger partial charge is 0.471 e. The predicted octanol–water partition coefficient (Wildman–Crippen LogP) is 2.46. The smallest absolute Gasteiger partial charge is 0.467 e. The zero-order chi connectivity index (χ0) is 24.5. The topological polar surface area (TPSA) is 95.9 Å². The van der Waals surface area contributed by atoms with Gasteiger partial charge in [-0.1, -0.05) is 44.2 Å². The van der Waals surface area contributed by atoms with Crippen LogP contribution in [0, 0.1) is 5.92 Å². The molecule has 1 aromatic carbocycles. The Morgan fingerprint density at radius 3 is 2.19 bits per heavy atom. The maximum absolute atomic E-state index is 13.4. The van der Waals surface area contributed by atoms with Crippen LogP contribution in [0.3, 0.4) is 0 Å². The third-order valence-electron chi connectivity index (χ3n) is 4.76. The summed E-state index contributed by atoms with van der Waals surface area (Å²) in [6.45, 7) is 5.03. The Morgan fingerprint density at radius 1 is 1.12 bits per heavy atom. The first-order chi connectivity index (χ1) is 14.9. The van der Waals surface area contributed by atoms with Gasteiger partial charge in [-0.2, -0.15) is 13.2 Å². The van der Waals surface area contributed by atoms with Crippen molar-refractivity contribution < 1.29 is 37.4 Å². The number of esters is 1. The first kappa shape index (κ1) is 27.4. The second kappa shape index (κ2) is 12.4. The van der Waals surface area contributed by atoms with Crippen molar-refractivity contribution in [1.82, 2.24) is 10.2 Å². The predicted molar refractivity (Wildman–Crippen MR) is 111 cm³/mol. The number of carbonyl (C=O) groups excluding carboxylic acids is 3. The molecule has 0 saturated heterocycles. The molecule has 1 rings (SSSR count). The van der Waals surface area contributed by atoms with Crippen LogP contribution in [0.1, 0.15) is 39.2 Å². The number of rotatable bonds is 11. The summed E-state index contributed by atoms with van der Waals surface area (Å²) < 4.78 is 43.6. The number of alkyl halides is 3. The van der Waals surface area contributed by atoms with Crippen molar-refractivity contribution in [3.8, 4) is 0 Å². The van der Waals surface area contributed by atoms with Gasteiger partial charge < -0.3 is 20.1 Å². The zero-order valence-corrected chi connectivity index (χ0v) is 18.7. The highest BCUT2D eigenvalue weighted by molar-refractivity contribution is 5.92. The number of halogens is 3. The lowest BCUT2D eigenvalue weighted by Gasteiger charge is -2.34. The van der Waals surface area contributed by atoms with Crippen LogP contribution in [0.5, 0.6) is 0 Å². The van der Waals surface area contributed by atoms with Gasteiger partial charge in [-0.05, 0) is 31.2 Å². The van der Waals surface area contributed by atoms with E-state index in [9.17, 15) is 32.7 Å². The van der Waals surface area contributed by atoms with E-state index < -0.39 is 42.1 Å². The summed E-state index contributed by atoms with van der Waals surface area (Å²) in [5.41, 5.74) is 0.530. The molecular formula is C22H31F3N2O5. The minimum atomic E-state index is -5.18. The van der Waals surface area contributed by atoms with Gasteiger partial charge in [0.2, 0.25) is 5.91 Å². The van der Waals surface area contributed by atoms with E-state index in [1.807, 2.05) is 13.8 Å². The molecule has 0 aliphatic rings. The van der Waals surface area contributed by atoms with Gasteiger partial charge >= 0.3 is 18.1 Å². The summed E-state index contributed by atoms with van der Waals surface area (Å²) in [6, 6.07) is 5.61. The van der Waals surface area contributed by atoms with Crippen molar-refractivity contribution in [2.45, 2.75) is 64.4 Å². The third-order valence-corrected chi connectivity index (χ3v) is 4.76. The van der Waals surface area contributed by atoms with Crippen LogP contribution >= 0.6 is 0 Å². The highest BCUT2D eigenvalue weighted by Crippen LogP contribution is 2.19. The van der Waals surface area contributed by atoms with Crippen LogP contribution < -0.4 is 5.32 Å². The van der Waals surface area contributed by atoms with Gasteiger partial charge in [-0.25, -0.2) is 4.79 Å². The van der Waals surface area contributed by atoms with Gasteiger partial charge in [-0.3, -0.25) is 9.59 Å². The lowest BCUT2D eigenvalue weighted by atomic mass is 9.99. The second-order valence-corrected chi connectivity index (χ2v) is 8.05. The van der Waals surface area contributed by atoms with Gasteiger partial charge in [0.25, 0.3) is 0 Å². The van der Waals surface area contributed by atoms with E-state index >= 15 is 0 Å². The Balaban J connectivity index is 3.35. The fourth-order valence-electron chi connectivity index (χ4n) is 3.17. The number of hydrogen-bond donors (Lipinski definition) is 2. The molecule has 32 heavy (non-hydrogen) atoms. The maximum Gasteiger partial charge on any atom is 0.471 e. The number of methoxy groups -OCH3 is 1. The fraction of sp³-hybridized carbons (Fsp3) is 0.591. The Bertz CT molecular complexity index is 754. The Hall–Kier alpha value is -2.62. The molecule has 7 nitrogen and oxygen atoms in total. The first-order valence-corrected chi connectivity index (χ1v) is 10.3. The van der Waals surface area contributed by atoms with Crippen LogP contribution in [-0.4, -0.2) is 65.8 Å². The van der Waals surface area contributed by atoms with E-state index in [2.05, 4.69) is 0 Å². The normalized spacial score (nSPS) is 14.4. The number of amides is 2. The zero-order valence-electron chi connectivity index (χ0n) is 18.7. The van der Waals surface area contributed by atoms with Crippen LogP contribution in [0.15, 0.2) is 30.3 Å². The van der Waals surface area contributed by atoms with Gasteiger partial charge in [-0.15, -0.1) is 0 Å². The number of aliphatic hydroxyl groups is 1. The Morgan fingerprint density at radius 2 is 1.72 bits per heavy atom. The molecule has 0 fully saturated rings. The second-order valence-electron chi connectivity index (χ2n) is 8.05. The maximum atomic E-state index is 13.4. The van der Waals surface area contributed by atoms with Gasteiger partial charge in [0.1, 0.15) is 12.1 Å². The fourth-order valence-corrected chi connectivity index (χ4v) is 3.17. The first-order valence-electron chi connectivity index (χ1n) is 10.3. The summed E-state index contributed by atoms with van der Waals surface area (Å²) in [4.78, 5) is 38.6. The van der Waals surface area contributed by atoms with Crippen LogP contribution in [0.4, 0.5) is 13.2 Å². The van der Waals surface area contributed by atoms with E-state index in [1.165, 1.54) is 6.92 Å². The summed E-state index contributed by atoms with van der Waals surface area (Å²) in [6.07, 6.45) is -5.92. The highest BCUT2D eigenvalue weighted by Gasteiger charge is 2.42. The van der Waals surface area contributed by atoms with E-state index in [1.54, 1.807) is 35.6 Å². The molecule has 2 amide bonds. The van der Waals surface area contributed by atoms with Crippen molar-refractivity contribution >= 4 is 17.8 Å². The molecule has 0 heterocycles. The minimum absolute atomic E-state index is 0.0433. The van der Waals surface area contributed by atoms with E-state index in [-0.39, 0.29) is 31.7 Å². The van der Waals surface area contributed by atoms with Gasteiger partial charge in [0.05, 0.1) is 13.2 Å². The SMILES string of the molecule is COC(=O)[C@H](CC(C)C)N(CCC(C)O)C(=O)C(Cc1ccccc1)NC(=O)C(F)(F)F. The number of carbonyl (C=O) groups is 3. The van der Waals surface area contributed by atoms with Crippen LogP contribution in [-0.2, 0) is 25.5 Å². The summed E-state index contributed by atoms with van der Waals surface area (Å²) >= 11 is 0. The number of nitrogens with zero attached hydrogens (tertiary/aromatic N) is 1. The van der Waals surface area contributed by atoms with E-state index in [0.29, 0.717) is 5.56 Å². The third kappa shape index (κ3) is 8.86.